The van der Waals surface area contributed by atoms with Crippen molar-refractivity contribution in [3.05, 3.63) is 23.9 Å². The average molecular weight is 264 g/mol. The topological polar surface area (TPSA) is 69.6 Å². The molecule has 0 radical (unpaired) electrons. The molecule has 0 amide bonds. The number of aromatic nitrogens is 1. The summed E-state index contributed by atoms with van der Waals surface area (Å²) >= 11 is 0. The molecule has 0 aliphatic carbocycles. The Morgan fingerprint density at radius 1 is 1.26 bits per heavy atom. The smallest absolute Gasteiger partial charge is 0.162 e. The normalized spacial score (nSPS) is 12.7. The largest absolute Gasteiger partial charge is 0.493 e. The zero-order valence-electron chi connectivity index (χ0n) is 11.5. The van der Waals surface area contributed by atoms with Crippen LogP contribution in [0, 0.1) is 0 Å². The van der Waals surface area contributed by atoms with E-state index in [1.165, 1.54) is 0 Å². The van der Waals surface area contributed by atoms with Crippen molar-refractivity contribution < 1.29 is 14.6 Å². The number of rotatable bonds is 5. The highest BCUT2D eigenvalue weighted by atomic mass is 16.5. The molecule has 0 aliphatic rings. The van der Waals surface area contributed by atoms with E-state index in [9.17, 15) is 5.11 Å². The summed E-state index contributed by atoms with van der Waals surface area (Å²) in [6.07, 6.45) is 1.39. The van der Waals surface area contributed by atoms with Crippen LogP contribution in [0.5, 0.6) is 11.5 Å². The number of nitrogens with two attached hydrogens (primary N) is 1. The van der Waals surface area contributed by atoms with Crippen LogP contribution in [0.15, 0.2) is 18.3 Å². The Morgan fingerprint density at radius 2 is 1.89 bits per heavy atom. The van der Waals surface area contributed by atoms with Crippen LogP contribution in [0.25, 0.3) is 10.9 Å². The van der Waals surface area contributed by atoms with E-state index in [0.717, 1.165) is 16.5 Å². The predicted molar refractivity (Wildman–Crippen MR) is 74.7 cm³/mol. The quantitative estimate of drug-likeness (QED) is 0.862. The van der Waals surface area contributed by atoms with Gasteiger partial charge in [-0.3, -0.25) is 0 Å². The van der Waals surface area contributed by atoms with Crippen molar-refractivity contribution in [2.45, 2.75) is 19.6 Å². The molecule has 0 fully saturated rings. The molecule has 1 heterocycles. The standard InChI is InChI=1S/C14H20N2O3/c1-9(17)11-8-16(5-4-15)12-7-14(19-3)13(18-2)6-10(11)12/h6-9,17H,4-5,15H2,1-3H3. The molecule has 1 unspecified atom stereocenters. The third kappa shape index (κ3) is 2.39. The molecule has 0 aliphatic heterocycles. The summed E-state index contributed by atoms with van der Waals surface area (Å²) in [5.41, 5.74) is 7.47. The molecule has 0 bridgehead atoms. The second kappa shape index (κ2) is 5.50. The van der Waals surface area contributed by atoms with Gasteiger partial charge in [0.05, 0.1) is 25.8 Å². The first-order valence-electron chi connectivity index (χ1n) is 6.25. The molecule has 3 N–H and O–H groups in total. The van der Waals surface area contributed by atoms with Crippen LogP contribution >= 0.6 is 0 Å². The number of benzene rings is 1. The number of methoxy groups -OCH3 is 2. The van der Waals surface area contributed by atoms with Crippen molar-refractivity contribution in [1.82, 2.24) is 4.57 Å². The highest BCUT2D eigenvalue weighted by molar-refractivity contribution is 5.87. The van der Waals surface area contributed by atoms with Gasteiger partial charge in [-0.15, -0.1) is 0 Å². The van der Waals surface area contributed by atoms with Crippen LogP contribution in [0.1, 0.15) is 18.6 Å². The lowest BCUT2D eigenvalue weighted by Crippen LogP contribution is -2.08. The fourth-order valence-corrected chi connectivity index (χ4v) is 2.30. The molecule has 5 heteroatoms. The molecule has 2 aromatic rings. The molecule has 5 nitrogen and oxygen atoms in total. The highest BCUT2D eigenvalue weighted by Gasteiger charge is 2.16. The van der Waals surface area contributed by atoms with Gasteiger partial charge in [0.15, 0.2) is 11.5 Å². The summed E-state index contributed by atoms with van der Waals surface area (Å²) in [5.74, 6) is 1.32. The third-order valence-electron chi connectivity index (χ3n) is 3.24. The van der Waals surface area contributed by atoms with Gasteiger partial charge in [0, 0.05) is 36.3 Å². The summed E-state index contributed by atoms with van der Waals surface area (Å²) in [7, 11) is 3.21. The number of ether oxygens (including phenoxy) is 2. The van der Waals surface area contributed by atoms with Gasteiger partial charge in [0.1, 0.15) is 0 Å². The van der Waals surface area contributed by atoms with Crippen LogP contribution in [0.4, 0.5) is 0 Å². The number of fused-ring (bicyclic) bond motifs is 1. The minimum Gasteiger partial charge on any atom is -0.493 e. The number of hydrogen-bond acceptors (Lipinski definition) is 4. The molecule has 19 heavy (non-hydrogen) atoms. The second-order valence-corrected chi connectivity index (χ2v) is 4.47. The fourth-order valence-electron chi connectivity index (χ4n) is 2.30. The van der Waals surface area contributed by atoms with E-state index in [1.807, 2.05) is 22.9 Å². The van der Waals surface area contributed by atoms with Gasteiger partial charge in [0.25, 0.3) is 0 Å². The molecule has 1 aromatic carbocycles. The molecule has 1 atom stereocenters. The second-order valence-electron chi connectivity index (χ2n) is 4.47. The maximum atomic E-state index is 9.88. The van der Waals surface area contributed by atoms with Crippen molar-refractivity contribution in [1.29, 1.82) is 0 Å². The Balaban J connectivity index is 2.71. The lowest BCUT2D eigenvalue weighted by atomic mass is 10.1. The van der Waals surface area contributed by atoms with Gasteiger partial charge < -0.3 is 24.9 Å². The van der Waals surface area contributed by atoms with E-state index in [1.54, 1.807) is 21.1 Å². The van der Waals surface area contributed by atoms with E-state index >= 15 is 0 Å². The van der Waals surface area contributed by atoms with Gasteiger partial charge in [0.2, 0.25) is 0 Å². The molecular formula is C14H20N2O3. The number of aliphatic hydroxyl groups is 1. The predicted octanol–water partition coefficient (Wildman–Crippen LogP) is 1.67. The highest BCUT2D eigenvalue weighted by Crippen LogP contribution is 2.36. The summed E-state index contributed by atoms with van der Waals surface area (Å²) in [6.45, 7) is 2.98. The van der Waals surface area contributed by atoms with Gasteiger partial charge in [-0.1, -0.05) is 0 Å². The van der Waals surface area contributed by atoms with E-state index in [0.29, 0.717) is 24.6 Å². The van der Waals surface area contributed by atoms with E-state index in [-0.39, 0.29) is 0 Å². The lowest BCUT2D eigenvalue weighted by molar-refractivity contribution is 0.200. The Bertz CT molecular complexity index is 576. The summed E-state index contributed by atoms with van der Waals surface area (Å²) in [5, 5.41) is 10.8. The van der Waals surface area contributed by atoms with Crippen LogP contribution in [0.2, 0.25) is 0 Å². The summed E-state index contributed by atoms with van der Waals surface area (Å²) in [6, 6.07) is 3.80. The molecule has 104 valence electrons. The number of aliphatic hydroxyl groups excluding tert-OH is 1. The molecule has 1 aromatic heterocycles. The van der Waals surface area contributed by atoms with Crippen molar-refractivity contribution in [2.75, 3.05) is 20.8 Å². The zero-order chi connectivity index (χ0) is 14.0. The summed E-state index contributed by atoms with van der Waals surface area (Å²) < 4.78 is 12.6. The van der Waals surface area contributed by atoms with Crippen molar-refractivity contribution in [2.24, 2.45) is 5.73 Å². The Labute approximate surface area is 112 Å². The number of hydrogen-bond donors (Lipinski definition) is 2. The molecule has 0 saturated carbocycles. The van der Waals surface area contributed by atoms with Gasteiger partial charge in [-0.2, -0.15) is 0 Å². The Morgan fingerprint density at radius 3 is 2.42 bits per heavy atom. The first-order chi connectivity index (χ1) is 9.12. The average Bonchev–Trinajstić information content (AvgIpc) is 2.76. The monoisotopic (exact) mass is 264 g/mol. The number of nitrogens with zero attached hydrogens (tertiary/aromatic N) is 1. The van der Waals surface area contributed by atoms with E-state index < -0.39 is 6.10 Å². The van der Waals surface area contributed by atoms with Crippen LogP contribution in [0.3, 0.4) is 0 Å². The SMILES string of the molecule is COc1cc2c(C(C)O)cn(CCN)c2cc1OC. The van der Waals surface area contributed by atoms with Gasteiger partial charge in [-0.05, 0) is 13.0 Å². The molecular weight excluding hydrogens is 244 g/mol. The van der Waals surface area contributed by atoms with Crippen LogP contribution in [-0.4, -0.2) is 30.4 Å². The summed E-state index contributed by atoms with van der Waals surface area (Å²) in [4.78, 5) is 0. The van der Waals surface area contributed by atoms with Crippen LogP contribution in [-0.2, 0) is 6.54 Å². The van der Waals surface area contributed by atoms with E-state index in [2.05, 4.69) is 0 Å². The van der Waals surface area contributed by atoms with Crippen molar-refractivity contribution >= 4 is 10.9 Å². The zero-order valence-corrected chi connectivity index (χ0v) is 11.5. The van der Waals surface area contributed by atoms with E-state index in [4.69, 9.17) is 15.2 Å². The molecule has 0 saturated heterocycles. The van der Waals surface area contributed by atoms with Gasteiger partial charge >= 0.3 is 0 Å². The minimum absolute atomic E-state index is 0.539. The first-order valence-corrected chi connectivity index (χ1v) is 6.25. The Kier molecular flexibility index (Phi) is 3.97. The van der Waals surface area contributed by atoms with Crippen molar-refractivity contribution in [3.63, 3.8) is 0 Å². The molecule has 0 spiro atoms. The maximum absolute atomic E-state index is 9.88. The Hall–Kier alpha value is -1.72. The fraction of sp³-hybridized carbons (Fsp3) is 0.429. The molecule has 2 rings (SSSR count). The van der Waals surface area contributed by atoms with Crippen molar-refractivity contribution in [3.8, 4) is 11.5 Å². The van der Waals surface area contributed by atoms with Crippen LogP contribution < -0.4 is 15.2 Å². The maximum Gasteiger partial charge on any atom is 0.162 e. The third-order valence-corrected chi connectivity index (χ3v) is 3.24. The van der Waals surface area contributed by atoms with Gasteiger partial charge in [-0.25, -0.2) is 0 Å². The lowest BCUT2D eigenvalue weighted by Gasteiger charge is -2.10. The minimum atomic E-state index is -0.542. The first kappa shape index (κ1) is 13.7.